The van der Waals surface area contributed by atoms with Crippen LogP contribution in [0.5, 0.6) is 0 Å². The van der Waals surface area contributed by atoms with Gasteiger partial charge in [-0.05, 0) is 36.6 Å². The number of amides is 2. The minimum atomic E-state index is -1.05. The predicted octanol–water partition coefficient (Wildman–Crippen LogP) is 3.99. The van der Waals surface area contributed by atoms with Gasteiger partial charge in [0.15, 0.2) is 0 Å². The monoisotopic (exact) mass is 461 g/mol. The highest BCUT2D eigenvalue weighted by Crippen LogP contribution is 2.45. The molecule has 0 fully saturated rings. The summed E-state index contributed by atoms with van der Waals surface area (Å²) in [6.45, 7) is 2.81. The summed E-state index contributed by atoms with van der Waals surface area (Å²) in [6.07, 6.45) is 0.542. The normalized spacial score (nSPS) is 18.8. The molecular formula is C25H23N3O4S. The fraction of sp³-hybridized carbons (Fsp3) is 0.240. The average molecular weight is 462 g/mol. The summed E-state index contributed by atoms with van der Waals surface area (Å²) in [7, 11) is 0. The van der Waals surface area contributed by atoms with Crippen molar-refractivity contribution in [2.45, 2.75) is 25.4 Å². The van der Waals surface area contributed by atoms with E-state index in [0.717, 1.165) is 10.4 Å². The number of nitrogens with zero attached hydrogens (tertiary/aromatic N) is 2. The Labute approximate surface area is 195 Å². The van der Waals surface area contributed by atoms with Crippen molar-refractivity contribution >= 4 is 34.1 Å². The highest BCUT2D eigenvalue weighted by molar-refractivity contribution is 7.16. The van der Waals surface area contributed by atoms with Crippen molar-refractivity contribution < 1.29 is 19.5 Å². The molecule has 0 unspecified atom stereocenters. The molecule has 5 rings (SSSR count). The van der Waals surface area contributed by atoms with Crippen molar-refractivity contribution in [2.75, 3.05) is 18.8 Å². The number of rotatable bonds is 5. The number of nitrogens with two attached hydrogens (primary N) is 1. The number of carboxylic acid groups (broad SMARTS) is 1. The molecule has 2 aliphatic rings. The van der Waals surface area contributed by atoms with E-state index < -0.39 is 5.97 Å². The van der Waals surface area contributed by atoms with Crippen LogP contribution in [0.4, 0.5) is 5.00 Å². The van der Waals surface area contributed by atoms with Gasteiger partial charge in [-0.3, -0.25) is 19.4 Å². The molecule has 0 spiro atoms. The van der Waals surface area contributed by atoms with Crippen LogP contribution in [0, 0.1) is 0 Å². The Morgan fingerprint density at radius 2 is 1.70 bits per heavy atom. The van der Waals surface area contributed by atoms with Gasteiger partial charge in [0.2, 0.25) is 0 Å². The van der Waals surface area contributed by atoms with Gasteiger partial charge >= 0.3 is 5.97 Å². The van der Waals surface area contributed by atoms with Crippen LogP contribution in [-0.2, 0) is 6.42 Å². The van der Waals surface area contributed by atoms with E-state index in [2.05, 4.69) is 11.8 Å². The predicted molar refractivity (Wildman–Crippen MR) is 126 cm³/mol. The van der Waals surface area contributed by atoms with Crippen molar-refractivity contribution in [3.8, 4) is 0 Å². The number of carbonyl (C=O) groups is 3. The minimum absolute atomic E-state index is 0.00358. The Balaban J connectivity index is 1.56. The Kier molecular flexibility index (Phi) is 5.26. The van der Waals surface area contributed by atoms with E-state index in [9.17, 15) is 19.5 Å². The number of imide groups is 1. The molecular weight excluding hydrogens is 438 g/mol. The second kappa shape index (κ2) is 8.13. The van der Waals surface area contributed by atoms with E-state index in [1.54, 1.807) is 24.3 Å². The van der Waals surface area contributed by atoms with Gasteiger partial charge in [-0.2, -0.15) is 0 Å². The Hall–Kier alpha value is -3.49. The molecule has 3 aromatic rings. The molecule has 0 saturated carbocycles. The molecule has 7 nitrogen and oxygen atoms in total. The number of thiophene rings is 1. The van der Waals surface area contributed by atoms with Gasteiger partial charge in [-0.15, -0.1) is 11.3 Å². The van der Waals surface area contributed by atoms with Crippen LogP contribution in [0.25, 0.3) is 0 Å². The first-order valence-corrected chi connectivity index (χ1v) is 11.6. The number of carboxylic acids is 1. The highest BCUT2D eigenvalue weighted by Gasteiger charge is 2.42. The number of anilines is 1. The second-order valence-electron chi connectivity index (χ2n) is 8.35. The third-order valence-electron chi connectivity index (χ3n) is 6.62. The molecule has 3 heterocycles. The summed E-state index contributed by atoms with van der Waals surface area (Å²) < 4.78 is 0. The minimum Gasteiger partial charge on any atom is -0.478 e. The molecule has 3 N–H and O–H groups in total. The van der Waals surface area contributed by atoms with Crippen molar-refractivity contribution in [1.29, 1.82) is 0 Å². The lowest BCUT2D eigenvalue weighted by molar-refractivity contribution is 0.0534. The third kappa shape index (κ3) is 3.42. The molecule has 2 atom stereocenters. The lowest BCUT2D eigenvalue weighted by atomic mass is 9.94. The second-order valence-corrected chi connectivity index (χ2v) is 9.43. The van der Waals surface area contributed by atoms with Gasteiger partial charge in [-0.25, -0.2) is 4.79 Å². The van der Waals surface area contributed by atoms with Crippen LogP contribution < -0.4 is 5.73 Å². The van der Waals surface area contributed by atoms with Crippen molar-refractivity contribution in [3.63, 3.8) is 0 Å². The van der Waals surface area contributed by atoms with E-state index in [4.69, 9.17) is 5.73 Å². The lowest BCUT2D eigenvalue weighted by Gasteiger charge is -2.41. The summed E-state index contributed by atoms with van der Waals surface area (Å²) in [6, 6.07) is 16.5. The van der Waals surface area contributed by atoms with Gasteiger partial charge in [0, 0.05) is 24.0 Å². The molecule has 0 saturated heterocycles. The smallest absolute Gasteiger partial charge is 0.338 e. The quantitative estimate of drug-likeness (QED) is 0.557. The summed E-state index contributed by atoms with van der Waals surface area (Å²) >= 11 is 1.25. The van der Waals surface area contributed by atoms with Crippen LogP contribution in [0.2, 0.25) is 0 Å². The molecule has 8 heteroatoms. The van der Waals surface area contributed by atoms with Gasteiger partial charge < -0.3 is 10.8 Å². The topological polar surface area (TPSA) is 104 Å². The number of nitrogen functional groups attached to an aromatic ring is 1. The molecule has 2 aromatic carbocycles. The lowest BCUT2D eigenvalue weighted by Crippen LogP contribution is -2.44. The molecule has 2 amide bonds. The largest absolute Gasteiger partial charge is 0.478 e. The summed E-state index contributed by atoms with van der Waals surface area (Å²) in [5.41, 5.74) is 8.89. The standard InChI is InChI=1S/C25H23N3O4S/c1-14(15-7-3-2-4-8-15)27-12-11-18-20(25(31)32)22(26)33-21(18)19(27)13-28-23(29)16-9-5-6-10-17(16)24(28)30/h2-10,14,19H,11-13,26H2,1H3,(H,31,32)/t14-,19-/m0/s1. The van der Waals surface area contributed by atoms with Gasteiger partial charge in [-0.1, -0.05) is 42.5 Å². The first-order chi connectivity index (χ1) is 15.9. The number of hydrogen-bond acceptors (Lipinski definition) is 6. The number of carbonyl (C=O) groups excluding carboxylic acids is 2. The number of fused-ring (bicyclic) bond motifs is 2. The summed E-state index contributed by atoms with van der Waals surface area (Å²) in [5.74, 6) is -1.69. The Bertz CT molecular complexity index is 1230. The zero-order valence-corrected chi connectivity index (χ0v) is 18.8. The van der Waals surface area contributed by atoms with Crippen LogP contribution in [0.1, 0.15) is 66.1 Å². The molecule has 1 aromatic heterocycles. The zero-order chi connectivity index (χ0) is 23.3. The summed E-state index contributed by atoms with van der Waals surface area (Å²) in [4.78, 5) is 42.4. The van der Waals surface area contributed by atoms with Gasteiger partial charge in [0.1, 0.15) is 5.00 Å². The maximum Gasteiger partial charge on any atom is 0.338 e. The van der Waals surface area contributed by atoms with E-state index in [-0.39, 0.29) is 41.0 Å². The molecule has 33 heavy (non-hydrogen) atoms. The molecule has 0 aliphatic carbocycles. The van der Waals surface area contributed by atoms with Crippen molar-refractivity contribution in [3.05, 3.63) is 87.3 Å². The van der Waals surface area contributed by atoms with Gasteiger partial charge in [0.05, 0.1) is 22.7 Å². The average Bonchev–Trinajstić information content (AvgIpc) is 3.29. The zero-order valence-electron chi connectivity index (χ0n) is 18.0. The highest BCUT2D eigenvalue weighted by atomic mass is 32.1. The van der Waals surface area contributed by atoms with E-state index in [1.165, 1.54) is 16.2 Å². The summed E-state index contributed by atoms with van der Waals surface area (Å²) in [5, 5.41) is 9.99. The fourth-order valence-electron chi connectivity index (χ4n) is 4.95. The number of benzene rings is 2. The Morgan fingerprint density at radius 1 is 1.09 bits per heavy atom. The van der Waals surface area contributed by atoms with Crippen LogP contribution in [0.15, 0.2) is 54.6 Å². The molecule has 0 radical (unpaired) electrons. The number of aromatic carboxylic acids is 1. The Morgan fingerprint density at radius 3 is 2.30 bits per heavy atom. The van der Waals surface area contributed by atoms with E-state index >= 15 is 0 Å². The van der Waals surface area contributed by atoms with Crippen LogP contribution >= 0.6 is 11.3 Å². The molecule has 2 aliphatic heterocycles. The van der Waals surface area contributed by atoms with Crippen LogP contribution in [0.3, 0.4) is 0 Å². The molecule has 168 valence electrons. The maximum absolute atomic E-state index is 13.1. The van der Waals surface area contributed by atoms with Gasteiger partial charge in [0.25, 0.3) is 11.8 Å². The van der Waals surface area contributed by atoms with Crippen molar-refractivity contribution in [2.24, 2.45) is 0 Å². The fourth-order valence-corrected chi connectivity index (χ4v) is 6.18. The van der Waals surface area contributed by atoms with Crippen molar-refractivity contribution in [1.82, 2.24) is 9.80 Å². The van der Waals surface area contributed by atoms with E-state index in [1.807, 2.05) is 30.3 Å². The first-order valence-electron chi connectivity index (χ1n) is 10.8. The molecule has 0 bridgehead atoms. The number of hydrogen-bond donors (Lipinski definition) is 2. The van der Waals surface area contributed by atoms with Crippen LogP contribution in [-0.4, -0.2) is 45.8 Å². The maximum atomic E-state index is 13.1. The van der Waals surface area contributed by atoms with E-state index in [0.29, 0.717) is 29.7 Å². The third-order valence-corrected chi connectivity index (χ3v) is 7.78. The first kappa shape index (κ1) is 21.4. The SMILES string of the molecule is C[C@@H](c1ccccc1)N1CCc2c(sc(N)c2C(=O)O)[C@@H]1CN1C(=O)c2ccccc2C1=O.